The minimum atomic E-state index is -1.08. The van der Waals surface area contributed by atoms with Gasteiger partial charge >= 0.3 is 5.56 Å². The standard InChI is InChI=1S/C19H17F3N4O2/c1-10-4-16(11(2)23-18(10)28-3)24-19-25-17(27)15(22)9-26(19)8-12-5-13(20)7-14(21)6-12/h4-7,9H,8H2,1-3H3,(H,24,25,27). The van der Waals surface area contributed by atoms with Crippen molar-refractivity contribution in [1.29, 1.82) is 0 Å². The number of pyridine rings is 1. The summed E-state index contributed by atoms with van der Waals surface area (Å²) in [6.07, 6.45) is 0.930. The number of aromatic nitrogens is 3. The maximum atomic E-state index is 13.8. The van der Waals surface area contributed by atoms with Crippen molar-refractivity contribution in [2.45, 2.75) is 20.4 Å². The molecule has 0 spiro atoms. The number of aryl methyl sites for hydroxylation is 2. The second-order valence-corrected chi connectivity index (χ2v) is 6.20. The molecule has 9 heteroatoms. The molecule has 146 valence electrons. The first-order chi connectivity index (χ1) is 13.3. The lowest BCUT2D eigenvalue weighted by molar-refractivity contribution is 0.394. The highest BCUT2D eigenvalue weighted by Crippen LogP contribution is 2.24. The maximum absolute atomic E-state index is 13.8. The summed E-state index contributed by atoms with van der Waals surface area (Å²) in [5, 5.41) is 2.93. The molecule has 6 nitrogen and oxygen atoms in total. The molecule has 0 aliphatic heterocycles. The molecule has 0 fully saturated rings. The van der Waals surface area contributed by atoms with Gasteiger partial charge in [0.1, 0.15) is 11.6 Å². The monoisotopic (exact) mass is 390 g/mol. The quantitative estimate of drug-likeness (QED) is 0.723. The molecule has 0 atom stereocenters. The van der Waals surface area contributed by atoms with E-state index in [0.29, 0.717) is 17.3 Å². The zero-order chi connectivity index (χ0) is 20.4. The number of hydrogen-bond donors (Lipinski definition) is 1. The zero-order valence-corrected chi connectivity index (χ0v) is 15.4. The van der Waals surface area contributed by atoms with E-state index in [-0.39, 0.29) is 18.1 Å². The normalized spacial score (nSPS) is 10.8. The molecule has 1 aromatic carbocycles. The Morgan fingerprint density at radius 2 is 1.75 bits per heavy atom. The number of halogens is 3. The van der Waals surface area contributed by atoms with Crippen LogP contribution in [0.4, 0.5) is 24.8 Å². The second kappa shape index (κ2) is 7.71. The number of benzene rings is 1. The summed E-state index contributed by atoms with van der Waals surface area (Å²) in [5.74, 6) is -2.15. The number of hydrogen-bond acceptors (Lipinski definition) is 5. The molecule has 0 aliphatic carbocycles. The fourth-order valence-electron chi connectivity index (χ4n) is 2.72. The SMILES string of the molecule is COc1nc(C)c(Nc2nc(=O)c(F)cn2Cc2cc(F)cc(F)c2)cc1C. The topological polar surface area (TPSA) is 69.0 Å². The first-order valence-electron chi connectivity index (χ1n) is 8.28. The molecule has 0 aliphatic rings. The highest BCUT2D eigenvalue weighted by molar-refractivity contribution is 5.59. The molecule has 0 saturated carbocycles. The number of ether oxygens (including phenoxy) is 1. The first kappa shape index (κ1) is 19.4. The average Bonchev–Trinajstić information content (AvgIpc) is 2.61. The molecule has 2 heterocycles. The number of methoxy groups -OCH3 is 1. The third-order valence-corrected chi connectivity index (χ3v) is 4.03. The lowest BCUT2D eigenvalue weighted by Crippen LogP contribution is -2.20. The number of rotatable bonds is 5. The molecule has 0 bridgehead atoms. The van der Waals surface area contributed by atoms with E-state index < -0.39 is 23.0 Å². The van der Waals surface area contributed by atoms with E-state index in [2.05, 4.69) is 15.3 Å². The van der Waals surface area contributed by atoms with Crippen molar-refractivity contribution < 1.29 is 17.9 Å². The van der Waals surface area contributed by atoms with Crippen LogP contribution in [0.5, 0.6) is 5.88 Å². The van der Waals surface area contributed by atoms with Gasteiger partial charge in [0.2, 0.25) is 17.6 Å². The van der Waals surface area contributed by atoms with Gasteiger partial charge in [-0.15, -0.1) is 0 Å². The Labute approximate surface area is 158 Å². The number of nitrogens with one attached hydrogen (secondary N) is 1. The molecule has 1 N–H and O–H groups in total. The summed E-state index contributed by atoms with van der Waals surface area (Å²) >= 11 is 0. The van der Waals surface area contributed by atoms with Crippen LogP contribution in [-0.4, -0.2) is 21.6 Å². The predicted octanol–water partition coefficient (Wildman–Crippen LogP) is 3.47. The molecular weight excluding hydrogens is 373 g/mol. The van der Waals surface area contributed by atoms with Gasteiger partial charge in [-0.2, -0.15) is 9.37 Å². The summed E-state index contributed by atoms with van der Waals surface area (Å²) in [6.45, 7) is 3.40. The molecule has 28 heavy (non-hydrogen) atoms. The largest absolute Gasteiger partial charge is 0.481 e. The van der Waals surface area contributed by atoms with Gasteiger partial charge in [-0.3, -0.25) is 4.79 Å². The van der Waals surface area contributed by atoms with Gasteiger partial charge in [-0.25, -0.2) is 13.8 Å². The lowest BCUT2D eigenvalue weighted by atomic mass is 10.2. The van der Waals surface area contributed by atoms with Gasteiger partial charge < -0.3 is 14.6 Å². The summed E-state index contributed by atoms with van der Waals surface area (Å²) < 4.78 is 47.1. The Morgan fingerprint density at radius 1 is 1.07 bits per heavy atom. The van der Waals surface area contributed by atoms with Crippen molar-refractivity contribution >= 4 is 11.6 Å². The van der Waals surface area contributed by atoms with Gasteiger partial charge in [0.15, 0.2) is 0 Å². The van der Waals surface area contributed by atoms with Crippen LogP contribution in [-0.2, 0) is 6.54 Å². The summed E-state index contributed by atoms with van der Waals surface area (Å²) in [6, 6.07) is 4.71. The van der Waals surface area contributed by atoms with Gasteiger partial charge in [-0.05, 0) is 37.6 Å². The Bertz CT molecular complexity index is 1080. The molecule has 3 aromatic rings. The van der Waals surface area contributed by atoms with Crippen LogP contribution >= 0.6 is 0 Å². The maximum Gasteiger partial charge on any atom is 0.310 e. The lowest BCUT2D eigenvalue weighted by Gasteiger charge is -2.16. The van der Waals surface area contributed by atoms with Gasteiger partial charge in [0.25, 0.3) is 0 Å². The molecule has 2 aromatic heterocycles. The Hall–Kier alpha value is -3.36. The fraction of sp³-hybridized carbons (Fsp3) is 0.211. The molecule has 0 radical (unpaired) electrons. The minimum Gasteiger partial charge on any atom is -0.481 e. The second-order valence-electron chi connectivity index (χ2n) is 6.20. The third kappa shape index (κ3) is 4.13. The first-order valence-corrected chi connectivity index (χ1v) is 8.28. The van der Waals surface area contributed by atoms with Crippen LogP contribution in [0.25, 0.3) is 0 Å². The molecule has 0 unspecified atom stereocenters. The van der Waals surface area contributed by atoms with Crippen molar-refractivity contribution in [2.75, 3.05) is 12.4 Å². The smallest absolute Gasteiger partial charge is 0.310 e. The third-order valence-electron chi connectivity index (χ3n) is 4.03. The fourth-order valence-corrected chi connectivity index (χ4v) is 2.72. The average molecular weight is 390 g/mol. The van der Waals surface area contributed by atoms with Crippen LogP contribution in [0, 0.1) is 31.3 Å². The Balaban J connectivity index is 2.02. The van der Waals surface area contributed by atoms with E-state index in [9.17, 15) is 18.0 Å². The van der Waals surface area contributed by atoms with Gasteiger partial charge in [-0.1, -0.05) is 0 Å². The van der Waals surface area contributed by atoms with Crippen molar-refractivity contribution in [1.82, 2.24) is 14.5 Å². The summed E-state index contributed by atoms with van der Waals surface area (Å²) in [7, 11) is 1.50. The summed E-state index contributed by atoms with van der Waals surface area (Å²) in [5.41, 5.74) is 1.00. The van der Waals surface area contributed by atoms with Crippen molar-refractivity contribution in [3.63, 3.8) is 0 Å². The van der Waals surface area contributed by atoms with Crippen LogP contribution in [0.15, 0.2) is 35.3 Å². The van der Waals surface area contributed by atoms with Gasteiger partial charge in [0.05, 0.1) is 25.0 Å². The highest BCUT2D eigenvalue weighted by Gasteiger charge is 2.13. The van der Waals surface area contributed by atoms with E-state index in [4.69, 9.17) is 4.74 Å². The van der Waals surface area contributed by atoms with Crippen molar-refractivity contribution in [2.24, 2.45) is 0 Å². The van der Waals surface area contributed by atoms with Crippen LogP contribution in [0.1, 0.15) is 16.8 Å². The number of nitrogens with zero attached hydrogens (tertiary/aromatic N) is 3. The van der Waals surface area contributed by atoms with Gasteiger partial charge in [0, 0.05) is 17.8 Å². The van der Waals surface area contributed by atoms with E-state index in [1.54, 1.807) is 19.9 Å². The summed E-state index contributed by atoms with van der Waals surface area (Å²) in [4.78, 5) is 19.7. The minimum absolute atomic E-state index is 0.00513. The zero-order valence-electron chi connectivity index (χ0n) is 15.4. The van der Waals surface area contributed by atoms with E-state index in [1.807, 2.05) is 0 Å². The Morgan fingerprint density at radius 3 is 2.39 bits per heavy atom. The molecule has 0 saturated heterocycles. The van der Waals surface area contributed by atoms with Crippen LogP contribution < -0.4 is 15.6 Å². The molecule has 3 rings (SSSR count). The number of anilines is 2. The van der Waals surface area contributed by atoms with Crippen LogP contribution in [0.3, 0.4) is 0 Å². The van der Waals surface area contributed by atoms with Crippen molar-refractivity contribution in [3.8, 4) is 5.88 Å². The molecule has 0 amide bonds. The highest BCUT2D eigenvalue weighted by atomic mass is 19.1. The Kier molecular flexibility index (Phi) is 5.34. The predicted molar refractivity (Wildman–Crippen MR) is 97.5 cm³/mol. The van der Waals surface area contributed by atoms with E-state index in [1.165, 1.54) is 11.7 Å². The molecular formula is C19H17F3N4O2. The van der Waals surface area contributed by atoms with E-state index >= 15 is 0 Å². The van der Waals surface area contributed by atoms with E-state index in [0.717, 1.165) is 30.0 Å². The van der Waals surface area contributed by atoms with Crippen LogP contribution in [0.2, 0.25) is 0 Å². The van der Waals surface area contributed by atoms with Crippen molar-refractivity contribution in [3.05, 3.63) is 75.1 Å².